The molecule has 7 rings (SSSR count). The van der Waals surface area contributed by atoms with E-state index in [4.69, 9.17) is 19.9 Å². The van der Waals surface area contributed by atoms with Crippen molar-refractivity contribution >= 4 is 29.1 Å². The van der Waals surface area contributed by atoms with Crippen molar-refractivity contribution in [2.75, 3.05) is 50.9 Å². The van der Waals surface area contributed by atoms with Gasteiger partial charge in [-0.05, 0) is 74.4 Å². The number of carbonyl (C=O) groups excluding carboxylic acids is 1. The van der Waals surface area contributed by atoms with E-state index in [1.807, 2.05) is 85.2 Å². The zero-order chi connectivity index (χ0) is 38.4. The second kappa shape index (κ2) is 17.2. The number of amidine groups is 1. The first-order valence-corrected chi connectivity index (χ1v) is 19.7. The summed E-state index contributed by atoms with van der Waals surface area (Å²) in [5.41, 5.74) is 10.6. The summed E-state index contributed by atoms with van der Waals surface area (Å²) in [5, 5.41) is 14.0. The highest BCUT2D eigenvalue weighted by Crippen LogP contribution is 2.39. The largest absolute Gasteiger partial charge is 0.492 e. The maximum atomic E-state index is 13.7. The topological polar surface area (TPSA) is 148 Å². The van der Waals surface area contributed by atoms with Gasteiger partial charge in [-0.1, -0.05) is 51.1 Å². The number of urea groups is 1. The molecule has 0 unspecified atom stereocenters. The van der Waals surface area contributed by atoms with Gasteiger partial charge in [-0.3, -0.25) is 14.6 Å². The summed E-state index contributed by atoms with van der Waals surface area (Å²) in [6, 6.07) is 19.7. The highest BCUT2D eigenvalue weighted by molar-refractivity contribution is 5.96. The zero-order valence-corrected chi connectivity index (χ0v) is 32.6. The molecule has 0 spiro atoms. The van der Waals surface area contributed by atoms with Gasteiger partial charge >= 0.3 is 6.03 Å². The Morgan fingerprint density at radius 3 is 2.62 bits per heavy atom. The van der Waals surface area contributed by atoms with Crippen molar-refractivity contribution < 1.29 is 24.3 Å². The van der Waals surface area contributed by atoms with Crippen LogP contribution in [0.2, 0.25) is 0 Å². The Bertz CT molecular complexity index is 2000. The number of benzene rings is 2. The molecule has 4 heterocycles. The minimum atomic E-state index is -0.432. The van der Waals surface area contributed by atoms with Crippen molar-refractivity contribution in [3.63, 3.8) is 0 Å². The van der Waals surface area contributed by atoms with Crippen LogP contribution in [0.15, 0.2) is 83.6 Å². The Morgan fingerprint density at radius 2 is 1.82 bits per heavy atom. The first-order valence-electron chi connectivity index (χ1n) is 19.7. The van der Waals surface area contributed by atoms with E-state index in [1.165, 1.54) is 6.42 Å². The highest BCUT2D eigenvalue weighted by atomic mass is 16.5. The SMILES string of the molecule is C[C@H]1CCCCN1c1nnc2ccc(O[C@@H]3CC[C@H](NC(=O)/N=C(\C=C(/N)C(C)(C)C)[NH2+]c4cccc(OCCN5CCOCC5)c4)c4ccccc43)cn12. The Balaban J connectivity index is 1.04. The monoisotopic (exact) mass is 750 g/mol. The van der Waals surface area contributed by atoms with Crippen molar-refractivity contribution in [3.05, 3.63) is 89.8 Å². The molecule has 2 fully saturated rings. The number of piperidine rings is 1. The third kappa shape index (κ3) is 9.64. The normalized spacial score (nSPS) is 21.3. The van der Waals surface area contributed by atoms with Crippen LogP contribution < -0.4 is 30.7 Å². The van der Waals surface area contributed by atoms with Crippen LogP contribution >= 0.6 is 0 Å². The van der Waals surface area contributed by atoms with Gasteiger partial charge in [0.1, 0.15) is 29.9 Å². The number of ether oxygens (including phenoxy) is 3. The molecule has 2 amide bonds. The number of aliphatic imine (C=N–C) groups is 1. The van der Waals surface area contributed by atoms with E-state index >= 15 is 0 Å². The van der Waals surface area contributed by atoms with Crippen LogP contribution in [0.3, 0.4) is 0 Å². The molecule has 2 aromatic carbocycles. The van der Waals surface area contributed by atoms with Gasteiger partial charge in [0, 0.05) is 55.5 Å². The first-order chi connectivity index (χ1) is 26.6. The predicted molar refractivity (Wildman–Crippen MR) is 214 cm³/mol. The molecule has 13 heteroatoms. The second-order valence-corrected chi connectivity index (χ2v) is 15.9. The summed E-state index contributed by atoms with van der Waals surface area (Å²) in [7, 11) is 0. The highest BCUT2D eigenvalue weighted by Gasteiger charge is 2.30. The molecule has 0 saturated carbocycles. The molecule has 2 saturated heterocycles. The van der Waals surface area contributed by atoms with Crippen molar-refractivity contribution in [2.45, 2.75) is 78.0 Å². The number of nitrogens with two attached hydrogens (primary N) is 2. The number of allylic oxidation sites excluding steroid dienone is 1. The first kappa shape index (κ1) is 38.3. The van der Waals surface area contributed by atoms with Crippen molar-refractivity contribution in [3.8, 4) is 11.5 Å². The molecule has 3 atom stereocenters. The molecule has 55 heavy (non-hydrogen) atoms. The lowest BCUT2D eigenvalue weighted by Crippen LogP contribution is -2.82. The van der Waals surface area contributed by atoms with Crippen molar-refractivity contribution in [1.82, 2.24) is 24.8 Å². The number of pyridine rings is 1. The van der Waals surface area contributed by atoms with Crippen molar-refractivity contribution in [1.29, 1.82) is 0 Å². The molecule has 13 nitrogen and oxygen atoms in total. The number of nitrogens with zero attached hydrogens (tertiary/aromatic N) is 6. The van der Waals surface area contributed by atoms with Gasteiger partial charge in [-0.15, -0.1) is 15.2 Å². The molecule has 3 aliphatic rings. The summed E-state index contributed by atoms with van der Waals surface area (Å²) in [5.74, 6) is 2.83. The molecular weight excluding hydrogens is 695 g/mol. The molecule has 4 aromatic rings. The summed E-state index contributed by atoms with van der Waals surface area (Å²) in [6.45, 7) is 14.1. The van der Waals surface area contributed by atoms with Gasteiger partial charge in [0.05, 0.1) is 25.5 Å². The van der Waals surface area contributed by atoms with E-state index in [1.54, 1.807) is 6.08 Å². The quantitative estimate of drug-likeness (QED) is 0.106. The number of nitrogens with one attached hydrogen (secondary N) is 1. The Kier molecular flexibility index (Phi) is 12.0. The van der Waals surface area contributed by atoms with Crippen LogP contribution in [-0.2, 0) is 4.74 Å². The summed E-state index contributed by atoms with van der Waals surface area (Å²) in [4.78, 5) is 22.9. The van der Waals surface area contributed by atoms with E-state index < -0.39 is 6.03 Å². The Morgan fingerprint density at radius 1 is 1.00 bits per heavy atom. The molecule has 1 aliphatic carbocycles. The van der Waals surface area contributed by atoms with Crippen LogP contribution in [0.5, 0.6) is 11.5 Å². The molecule has 0 radical (unpaired) electrons. The molecule has 2 aliphatic heterocycles. The summed E-state index contributed by atoms with van der Waals surface area (Å²) in [6.07, 6.45) is 8.55. The number of rotatable bonds is 10. The molecular formula is C42H56N9O4+. The fourth-order valence-electron chi connectivity index (χ4n) is 7.47. The summed E-state index contributed by atoms with van der Waals surface area (Å²) < 4.78 is 20.3. The predicted octanol–water partition coefficient (Wildman–Crippen LogP) is 5.67. The number of hydrogen-bond donors (Lipinski definition) is 3. The maximum Gasteiger partial charge on any atom is 0.346 e. The Labute approximate surface area is 323 Å². The van der Waals surface area contributed by atoms with Gasteiger partial charge in [-0.2, -0.15) is 0 Å². The van der Waals surface area contributed by atoms with E-state index in [9.17, 15) is 4.79 Å². The summed E-state index contributed by atoms with van der Waals surface area (Å²) >= 11 is 0. The molecule has 292 valence electrons. The lowest BCUT2D eigenvalue weighted by molar-refractivity contribution is -0.441. The van der Waals surface area contributed by atoms with E-state index in [-0.39, 0.29) is 17.6 Å². The standard InChI is InChI=1S/C42H55N9O4/c1-29-10-7-8-19-50(29)41-48-47-39-18-15-32(28-51(39)41)55-36-17-16-35(33-13-5-6-14-34(33)36)45-40(52)46-38(27-37(43)42(2,3)4)44-30-11-9-12-31(26-30)54-25-22-49-20-23-53-24-21-49/h5-6,9,11-15,18,26-29,35-36H,7-8,10,16-17,19-25,43H2,1-4H3,(H2,44,45,46,52)/p+1/b37-27-/t29-,35-,36+/m0/s1. The minimum absolute atomic E-state index is 0.180. The van der Waals surface area contributed by atoms with Gasteiger partial charge in [0.2, 0.25) is 11.8 Å². The lowest BCUT2D eigenvalue weighted by Gasteiger charge is -2.33. The second-order valence-electron chi connectivity index (χ2n) is 15.9. The number of carbonyl (C=O) groups is 1. The molecule has 2 aromatic heterocycles. The number of aromatic nitrogens is 3. The number of amides is 2. The molecule has 5 N–H and O–H groups in total. The van der Waals surface area contributed by atoms with Gasteiger partial charge in [0.15, 0.2) is 5.65 Å². The fraction of sp³-hybridized carbons (Fsp3) is 0.476. The van der Waals surface area contributed by atoms with E-state index in [2.05, 4.69) is 49.4 Å². The number of anilines is 1. The van der Waals surface area contributed by atoms with Crippen LogP contribution in [0, 0.1) is 5.41 Å². The zero-order valence-electron chi connectivity index (χ0n) is 32.6. The minimum Gasteiger partial charge on any atom is -0.492 e. The smallest absolute Gasteiger partial charge is 0.346 e. The lowest BCUT2D eigenvalue weighted by atomic mass is 9.85. The Hall–Kier alpha value is -4.98. The number of morpholine rings is 1. The van der Waals surface area contributed by atoms with Crippen LogP contribution in [0.4, 0.5) is 16.4 Å². The van der Waals surface area contributed by atoms with Crippen LogP contribution in [0.25, 0.3) is 5.65 Å². The van der Waals surface area contributed by atoms with Crippen LogP contribution in [-0.4, -0.2) is 83.4 Å². The van der Waals surface area contributed by atoms with Crippen molar-refractivity contribution in [2.24, 2.45) is 16.1 Å². The van der Waals surface area contributed by atoms with Gasteiger partial charge < -0.3 is 30.2 Å². The van der Waals surface area contributed by atoms with Gasteiger partial charge in [-0.25, -0.2) is 4.79 Å². The van der Waals surface area contributed by atoms with E-state index in [0.717, 1.165) is 98.6 Å². The average molecular weight is 751 g/mol. The number of fused-ring (bicyclic) bond motifs is 2. The average Bonchev–Trinajstić information content (AvgIpc) is 3.59. The van der Waals surface area contributed by atoms with Gasteiger partial charge in [0.25, 0.3) is 0 Å². The number of hydrogen-bond acceptors (Lipinski definition) is 9. The third-order valence-corrected chi connectivity index (χ3v) is 10.8. The van der Waals surface area contributed by atoms with Crippen LogP contribution in [0.1, 0.15) is 83.1 Å². The third-order valence-electron chi connectivity index (χ3n) is 10.8. The van der Waals surface area contributed by atoms with E-state index in [0.29, 0.717) is 30.6 Å². The molecule has 0 bridgehead atoms. The maximum absolute atomic E-state index is 13.7. The fourth-order valence-corrected chi connectivity index (χ4v) is 7.47. The number of quaternary nitrogens is 1.